The smallest absolute Gasteiger partial charge is 0.164 e. The molecule has 14 rings (SSSR count). The molecule has 1 aliphatic heterocycles. The molecule has 0 radical (unpaired) electrons. The van der Waals surface area contributed by atoms with Gasteiger partial charge in [0.1, 0.15) is 11.2 Å². The monoisotopic (exact) mass is 818 g/mol. The molecule has 0 spiro atoms. The summed E-state index contributed by atoms with van der Waals surface area (Å²) in [5, 5.41) is 11.4. The maximum absolute atomic E-state index is 6.83. The van der Waals surface area contributed by atoms with E-state index in [-0.39, 0.29) is 12.0 Å². The van der Waals surface area contributed by atoms with Gasteiger partial charge >= 0.3 is 0 Å². The zero-order valence-electron chi connectivity index (χ0n) is 34.7. The molecule has 11 aromatic rings. The Morgan fingerprint density at radius 1 is 0.500 bits per heavy atom. The fraction of sp³-hybridized carbons (Fsp3) is 0.0678. The molecule has 2 aromatic heterocycles. The van der Waals surface area contributed by atoms with Gasteiger partial charge in [0.25, 0.3) is 0 Å². The van der Waals surface area contributed by atoms with Crippen LogP contribution >= 0.6 is 0 Å². The van der Waals surface area contributed by atoms with Gasteiger partial charge in [0, 0.05) is 50.8 Å². The van der Waals surface area contributed by atoms with E-state index < -0.39 is 0 Å². The van der Waals surface area contributed by atoms with Gasteiger partial charge in [-0.05, 0) is 109 Å². The highest BCUT2D eigenvalue weighted by Gasteiger charge is 2.38. The molecule has 0 saturated carbocycles. The normalized spacial score (nSPS) is 16.4. The molecule has 5 nitrogen and oxygen atoms in total. The van der Waals surface area contributed by atoms with E-state index >= 15 is 0 Å². The zero-order valence-corrected chi connectivity index (χ0v) is 34.7. The van der Waals surface area contributed by atoms with Crippen molar-refractivity contribution in [2.45, 2.75) is 24.8 Å². The SMILES string of the molecule is C1=CC2c3cc4ccccc4cc3N(c3cc(-c4nc(-c5cc6c(c7ccccc57)C=CCC6)nc(-c5cc6ccccc6c6ccccc56)n4)c4c(c3)oc3ccccc34)C2C=C1. The molecule has 5 heteroatoms. The first kappa shape index (κ1) is 35.4. The summed E-state index contributed by atoms with van der Waals surface area (Å²) in [5.74, 6) is 2.08. The number of allylic oxidation sites excluding steroid dienone is 3. The van der Waals surface area contributed by atoms with Crippen molar-refractivity contribution >= 4 is 82.5 Å². The van der Waals surface area contributed by atoms with Crippen molar-refractivity contribution < 1.29 is 4.42 Å². The summed E-state index contributed by atoms with van der Waals surface area (Å²) >= 11 is 0. The number of aromatic nitrogens is 3. The molecule has 9 aromatic carbocycles. The van der Waals surface area contributed by atoms with Crippen LogP contribution in [-0.4, -0.2) is 21.0 Å². The molecular formula is C59H38N4O. The van der Waals surface area contributed by atoms with E-state index in [1.165, 1.54) is 49.3 Å². The minimum Gasteiger partial charge on any atom is -0.456 e. The van der Waals surface area contributed by atoms with Gasteiger partial charge in [-0.15, -0.1) is 0 Å². The third-order valence-corrected chi connectivity index (χ3v) is 13.8. The van der Waals surface area contributed by atoms with E-state index in [0.29, 0.717) is 17.5 Å². The predicted molar refractivity (Wildman–Crippen MR) is 264 cm³/mol. The maximum Gasteiger partial charge on any atom is 0.164 e. The number of anilines is 2. The lowest BCUT2D eigenvalue weighted by Gasteiger charge is -2.29. The minimum atomic E-state index is 0.0795. The number of benzene rings is 9. The lowest BCUT2D eigenvalue weighted by Crippen LogP contribution is -2.28. The Bertz CT molecular complexity index is 3890. The predicted octanol–water partition coefficient (Wildman–Crippen LogP) is 15.1. The van der Waals surface area contributed by atoms with Gasteiger partial charge in [0.15, 0.2) is 17.5 Å². The highest BCUT2D eigenvalue weighted by atomic mass is 16.3. The molecular weight excluding hydrogens is 781 g/mol. The van der Waals surface area contributed by atoms with Crippen molar-refractivity contribution in [1.82, 2.24) is 15.0 Å². The second kappa shape index (κ2) is 13.7. The Balaban J connectivity index is 1.08. The van der Waals surface area contributed by atoms with Crippen LogP contribution < -0.4 is 4.90 Å². The zero-order chi connectivity index (χ0) is 41.9. The summed E-state index contributed by atoms with van der Waals surface area (Å²) in [6.45, 7) is 0. The van der Waals surface area contributed by atoms with Crippen LogP contribution in [0.1, 0.15) is 29.0 Å². The van der Waals surface area contributed by atoms with Crippen LogP contribution in [0.25, 0.3) is 105 Å². The molecule has 0 N–H and O–H groups in total. The van der Waals surface area contributed by atoms with Crippen molar-refractivity contribution in [3.63, 3.8) is 0 Å². The maximum atomic E-state index is 6.83. The number of rotatable bonds is 4. The van der Waals surface area contributed by atoms with Crippen LogP contribution in [-0.2, 0) is 6.42 Å². The number of hydrogen-bond acceptors (Lipinski definition) is 5. The molecule has 0 bridgehead atoms. The van der Waals surface area contributed by atoms with E-state index in [0.717, 1.165) is 73.3 Å². The van der Waals surface area contributed by atoms with Crippen LogP contribution in [0.3, 0.4) is 0 Å². The van der Waals surface area contributed by atoms with Crippen LogP contribution in [0, 0.1) is 0 Å². The molecule has 300 valence electrons. The van der Waals surface area contributed by atoms with Crippen molar-refractivity contribution in [1.29, 1.82) is 0 Å². The minimum absolute atomic E-state index is 0.0795. The molecule has 3 aliphatic rings. The first-order chi connectivity index (χ1) is 31.7. The van der Waals surface area contributed by atoms with Gasteiger partial charge in [-0.2, -0.15) is 0 Å². The van der Waals surface area contributed by atoms with E-state index in [1.807, 2.05) is 6.07 Å². The molecule has 2 atom stereocenters. The number of furan rings is 1. The Morgan fingerprint density at radius 2 is 1.12 bits per heavy atom. The number of hydrogen-bond donors (Lipinski definition) is 0. The fourth-order valence-electron chi connectivity index (χ4n) is 10.9. The second-order valence-electron chi connectivity index (χ2n) is 17.4. The molecule has 64 heavy (non-hydrogen) atoms. The van der Waals surface area contributed by atoms with Gasteiger partial charge < -0.3 is 9.32 Å². The number of fused-ring (bicyclic) bond motifs is 13. The summed E-state index contributed by atoms with van der Waals surface area (Å²) in [7, 11) is 0. The van der Waals surface area contributed by atoms with E-state index in [1.54, 1.807) is 0 Å². The Morgan fingerprint density at radius 3 is 1.94 bits per heavy atom. The first-order valence-electron chi connectivity index (χ1n) is 22.2. The number of nitrogens with zero attached hydrogens (tertiary/aromatic N) is 4. The standard InChI is InChI=1S/C59H38N4O/c1-2-16-36-32-53-48(29-35(36)15-1)46-25-11-13-27-52(46)63(53)39-33-51(56-47-26-12-14-28-54(47)64-55(56)34-39)59-61-57(49-30-37-17-3-5-19-40(37)42-21-7-9-23-44(42)49)60-58(62-59)50-31-38-18-4-6-20-41(38)43-22-8-10-24-45(43)50/h1-3,5-17,19-34,46,52H,4,18H2. The van der Waals surface area contributed by atoms with Crippen LogP contribution in [0.15, 0.2) is 193 Å². The quantitative estimate of drug-likeness (QED) is 0.166. The van der Waals surface area contributed by atoms with Gasteiger partial charge in [0.05, 0.1) is 6.04 Å². The third-order valence-electron chi connectivity index (χ3n) is 13.8. The van der Waals surface area contributed by atoms with E-state index in [4.69, 9.17) is 19.4 Å². The van der Waals surface area contributed by atoms with Crippen molar-refractivity contribution in [2.75, 3.05) is 4.90 Å². The summed E-state index contributed by atoms with van der Waals surface area (Å²) in [4.78, 5) is 19.2. The lowest BCUT2D eigenvalue weighted by atomic mass is 9.89. The molecule has 0 fully saturated rings. The fourth-order valence-corrected chi connectivity index (χ4v) is 10.9. The molecule has 3 heterocycles. The molecule has 0 saturated heterocycles. The van der Waals surface area contributed by atoms with Gasteiger partial charge in [-0.1, -0.05) is 152 Å². The molecule has 2 aliphatic carbocycles. The van der Waals surface area contributed by atoms with Crippen LogP contribution in [0.2, 0.25) is 0 Å². The molecule has 0 amide bonds. The van der Waals surface area contributed by atoms with Crippen LogP contribution in [0.5, 0.6) is 0 Å². The lowest BCUT2D eigenvalue weighted by molar-refractivity contribution is 0.668. The van der Waals surface area contributed by atoms with Gasteiger partial charge in [-0.3, -0.25) is 0 Å². The molecule has 2 unspecified atom stereocenters. The number of aryl methyl sites for hydroxylation is 1. The summed E-state index contributed by atoms with van der Waals surface area (Å²) in [6, 6.07) is 56.8. The topological polar surface area (TPSA) is 55.1 Å². The van der Waals surface area contributed by atoms with E-state index in [2.05, 4.69) is 193 Å². The summed E-state index contributed by atoms with van der Waals surface area (Å²) in [6.07, 6.45) is 15.6. The summed E-state index contributed by atoms with van der Waals surface area (Å²) < 4.78 is 6.83. The third kappa shape index (κ3) is 5.28. The van der Waals surface area contributed by atoms with Crippen molar-refractivity contribution in [2.24, 2.45) is 0 Å². The van der Waals surface area contributed by atoms with Crippen molar-refractivity contribution in [3.8, 4) is 34.2 Å². The average Bonchev–Trinajstić information content (AvgIpc) is 3.90. The van der Waals surface area contributed by atoms with E-state index in [9.17, 15) is 0 Å². The van der Waals surface area contributed by atoms with Crippen LogP contribution in [0.4, 0.5) is 11.4 Å². The van der Waals surface area contributed by atoms with Crippen molar-refractivity contribution in [3.05, 3.63) is 205 Å². The second-order valence-corrected chi connectivity index (χ2v) is 17.4. The highest BCUT2D eigenvalue weighted by Crippen LogP contribution is 2.51. The Hall–Kier alpha value is -8.15. The Kier molecular flexibility index (Phi) is 7.57. The Labute approximate surface area is 369 Å². The first-order valence-corrected chi connectivity index (χ1v) is 22.2. The van der Waals surface area contributed by atoms with Gasteiger partial charge in [0.2, 0.25) is 0 Å². The highest BCUT2D eigenvalue weighted by molar-refractivity contribution is 6.15. The van der Waals surface area contributed by atoms with Gasteiger partial charge in [-0.25, -0.2) is 15.0 Å². The number of para-hydroxylation sites is 1. The largest absolute Gasteiger partial charge is 0.456 e. The summed E-state index contributed by atoms with van der Waals surface area (Å²) in [5.41, 5.74) is 10.6. The average molecular weight is 819 g/mol.